The first-order valence-corrected chi connectivity index (χ1v) is 11.9. The van der Waals surface area contributed by atoms with E-state index in [9.17, 15) is 13.2 Å². The highest BCUT2D eigenvalue weighted by Gasteiger charge is 2.38. The summed E-state index contributed by atoms with van der Waals surface area (Å²) >= 11 is 4.93. The van der Waals surface area contributed by atoms with Crippen LogP contribution in [0.25, 0.3) is 0 Å². The zero-order chi connectivity index (χ0) is 17.2. The fraction of sp³-hybridized carbons (Fsp3) is 0.588. The molecule has 2 aliphatic rings. The molecule has 1 aromatic carbocycles. The summed E-state index contributed by atoms with van der Waals surface area (Å²) < 4.78 is 24.7. The van der Waals surface area contributed by atoms with E-state index in [-0.39, 0.29) is 29.5 Å². The number of carbonyl (C=O) groups is 1. The SMILES string of the molecule is O=C(CSc1ccc(Br)cc1)N(C1CCCC1)[C@@H]1CCS(=O)(=O)C1. The van der Waals surface area contributed by atoms with E-state index < -0.39 is 9.84 Å². The molecule has 3 rings (SSSR count). The molecule has 0 spiro atoms. The monoisotopic (exact) mass is 431 g/mol. The van der Waals surface area contributed by atoms with Gasteiger partial charge in [-0.2, -0.15) is 0 Å². The molecular weight excluding hydrogens is 410 g/mol. The Morgan fingerprint density at radius 3 is 2.38 bits per heavy atom. The number of rotatable bonds is 5. The van der Waals surface area contributed by atoms with Crippen LogP contribution in [0, 0.1) is 0 Å². The van der Waals surface area contributed by atoms with Gasteiger partial charge in [0.25, 0.3) is 0 Å². The molecule has 2 fully saturated rings. The van der Waals surface area contributed by atoms with Crippen LogP contribution in [0.5, 0.6) is 0 Å². The van der Waals surface area contributed by atoms with Gasteiger partial charge in [-0.25, -0.2) is 8.42 Å². The first kappa shape index (κ1) is 18.3. The smallest absolute Gasteiger partial charge is 0.233 e. The van der Waals surface area contributed by atoms with Crippen molar-refractivity contribution in [2.24, 2.45) is 0 Å². The Balaban J connectivity index is 1.67. The summed E-state index contributed by atoms with van der Waals surface area (Å²) in [7, 11) is -2.98. The van der Waals surface area contributed by atoms with Crippen molar-refractivity contribution in [1.29, 1.82) is 0 Å². The lowest BCUT2D eigenvalue weighted by molar-refractivity contribution is -0.132. The lowest BCUT2D eigenvalue weighted by atomic mass is 10.1. The number of sulfone groups is 1. The molecule has 1 saturated carbocycles. The average molecular weight is 432 g/mol. The lowest BCUT2D eigenvalue weighted by Crippen LogP contribution is -2.47. The van der Waals surface area contributed by atoms with Crippen molar-refractivity contribution in [2.75, 3.05) is 17.3 Å². The van der Waals surface area contributed by atoms with Crippen molar-refractivity contribution in [3.63, 3.8) is 0 Å². The van der Waals surface area contributed by atoms with E-state index in [0.717, 1.165) is 35.1 Å². The van der Waals surface area contributed by atoms with Crippen molar-refractivity contribution in [1.82, 2.24) is 4.90 Å². The Bertz CT molecular complexity index is 684. The van der Waals surface area contributed by atoms with E-state index >= 15 is 0 Å². The summed E-state index contributed by atoms with van der Waals surface area (Å²) in [5.74, 6) is 0.804. The fourth-order valence-electron chi connectivity index (χ4n) is 3.63. The molecule has 0 unspecified atom stereocenters. The van der Waals surface area contributed by atoms with Gasteiger partial charge < -0.3 is 4.90 Å². The largest absolute Gasteiger partial charge is 0.335 e. The number of nitrogens with zero attached hydrogens (tertiary/aromatic N) is 1. The lowest BCUT2D eigenvalue weighted by Gasteiger charge is -2.34. The van der Waals surface area contributed by atoms with E-state index in [1.165, 1.54) is 11.8 Å². The van der Waals surface area contributed by atoms with Crippen LogP contribution >= 0.6 is 27.7 Å². The molecule has 1 atom stereocenters. The molecule has 7 heteroatoms. The topological polar surface area (TPSA) is 54.5 Å². The van der Waals surface area contributed by atoms with Gasteiger partial charge in [-0.05, 0) is 43.5 Å². The predicted molar refractivity (Wildman–Crippen MR) is 101 cm³/mol. The van der Waals surface area contributed by atoms with E-state index in [4.69, 9.17) is 0 Å². The van der Waals surface area contributed by atoms with E-state index in [0.29, 0.717) is 12.2 Å². The van der Waals surface area contributed by atoms with Crippen molar-refractivity contribution in [3.8, 4) is 0 Å². The summed E-state index contributed by atoms with van der Waals surface area (Å²) in [4.78, 5) is 15.8. The minimum atomic E-state index is -2.98. The predicted octanol–water partition coefficient (Wildman–Crippen LogP) is 3.50. The van der Waals surface area contributed by atoms with Crippen LogP contribution in [0.4, 0.5) is 0 Å². The number of amides is 1. The number of halogens is 1. The first-order valence-electron chi connectivity index (χ1n) is 8.34. The second-order valence-electron chi connectivity index (χ2n) is 6.54. The van der Waals surface area contributed by atoms with Crippen LogP contribution in [0.3, 0.4) is 0 Å². The summed E-state index contributed by atoms with van der Waals surface area (Å²) in [5.41, 5.74) is 0. The Morgan fingerprint density at radius 2 is 1.79 bits per heavy atom. The maximum atomic E-state index is 12.9. The number of hydrogen-bond donors (Lipinski definition) is 0. The molecule has 24 heavy (non-hydrogen) atoms. The van der Waals surface area contributed by atoms with Crippen molar-refractivity contribution in [2.45, 2.75) is 49.1 Å². The van der Waals surface area contributed by atoms with E-state index in [1.807, 2.05) is 29.2 Å². The van der Waals surface area contributed by atoms with Crippen LogP contribution in [0.15, 0.2) is 33.6 Å². The highest BCUT2D eigenvalue weighted by molar-refractivity contribution is 9.10. The highest BCUT2D eigenvalue weighted by atomic mass is 79.9. The first-order chi connectivity index (χ1) is 11.4. The standard InChI is InChI=1S/C17H22BrNO3S2/c18-13-5-7-16(8-6-13)23-11-17(20)19(14-3-1-2-4-14)15-9-10-24(21,22)12-15/h5-8,14-15H,1-4,9-12H2/t15-/m1/s1. The molecule has 4 nitrogen and oxygen atoms in total. The van der Waals surface area contributed by atoms with Gasteiger partial charge in [0.05, 0.1) is 17.3 Å². The van der Waals surface area contributed by atoms with Crippen molar-refractivity contribution < 1.29 is 13.2 Å². The second kappa shape index (κ2) is 7.79. The third-order valence-corrected chi connectivity index (χ3v) is 8.06. The molecule has 0 radical (unpaired) electrons. The van der Waals surface area contributed by atoms with Crippen LogP contribution in [-0.4, -0.2) is 48.6 Å². The third kappa shape index (κ3) is 4.55. The molecule has 1 aromatic rings. The summed E-state index contributed by atoms with van der Waals surface area (Å²) in [5, 5.41) is 0. The number of benzene rings is 1. The number of thioether (sulfide) groups is 1. The molecule has 0 aromatic heterocycles. The molecule has 1 aliphatic carbocycles. The molecule has 0 N–H and O–H groups in total. The maximum Gasteiger partial charge on any atom is 0.233 e. The van der Waals surface area contributed by atoms with Gasteiger partial charge in [-0.3, -0.25) is 4.79 Å². The van der Waals surface area contributed by atoms with Crippen LogP contribution in [-0.2, 0) is 14.6 Å². The van der Waals surface area contributed by atoms with Gasteiger partial charge in [0.1, 0.15) is 0 Å². The molecular formula is C17H22BrNO3S2. The Morgan fingerprint density at radius 1 is 1.12 bits per heavy atom. The van der Waals surface area contributed by atoms with Crippen molar-refractivity contribution in [3.05, 3.63) is 28.7 Å². The third-order valence-electron chi connectivity index (χ3n) is 4.78. The molecule has 1 aliphatic heterocycles. The summed E-state index contributed by atoms with van der Waals surface area (Å²) in [6.07, 6.45) is 4.87. The zero-order valence-electron chi connectivity index (χ0n) is 13.5. The highest BCUT2D eigenvalue weighted by Crippen LogP contribution is 2.30. The molecule has 0 bridgehead atoms. The minimum absolute atomic E-state index is 0.0805. The van der Waals surface area contributed by atoms with Gasteiger partial charge >= 0.3 is 0 Å². The quantitative estimate of drug-likeness (QED) is 0.669. The van der Waals surface area contributed by atoms with Crippen LogP contribution in [0.2, 0.25) is 0 Å². The fourth-order valence-corrected chi connectivity index (χ4v) is 6.38. The van der Waals surface area contributed by atoms with Crippen LogP contribution in [0.1, 0.15) is 32.1 Å². The molecule has 1 heterocycles. The summed E-state index contributed by atoms with van der Waals surface area (Å²) in [6.45, 7) is 0. The van der Waals surface area contributed by atoms with E-state index in [1.54, 1.807) is 0 Å². The average Bonchev–Trinajstić information content (AvgIpc) is 3.17. The Labute approximate surface area is 156 Å². The van der Waals surface area contributed by atoms with Crippen LogP contribution < -0.4 is 0 Å². The molecule has 1 saturated heterocycles. The van der Waals surface area contributed by atoms with Gasteiger partial charge in [-0.1, -0.05) is 28.8 Å². The zero-order valence-corrected chi connectivity index (χ0v) is 16.7. The van der Waals surface area contributed by atoms with Gasteiger partial charge in [0.15, 0.2) is 9.84 Å². The van der Waals surface area contributed by atoms with Crippen molar-refractivity contribution >= 4 is 43.4 Å². The maximum absolute atomic E-state index is 12.9. The second-order valence-corrected chi connectivity index (χ2v) is 10.7. The molecule has 1 amide bonds. The Kier molecular flexibility index (Phi) is 5.93. The molecule has 132 valence electrons. The summed E-state index contributed by atoms with van der Waals surface area (Å²) in [6, 6.07) is 8.00. The number of hydrogen-bond acceptors (Lipinski definition) is 4. The Hall–Kier alpha value is -0.530. The normalized spacial score (nSPS) is 23.5. The van der Waals surface area contributed by atoms with Gasteiger partial charge in [-0.15, -0.1) is 11.8 Å². The van der Waals surface area contributed by atoms with E-state index in [2.05, 4.69) is 15.9 Å². The minimum Gasteiger partial charge on any atom is -0.335 e. The number of carbonyl (C=O) groups excluding carboxylic acids is 1. The van der Waals surface area contributed by atoms with Gasteiger partial charge in [0.2, 0.25) is 5.91 Å². The van der Waals surface area contributed by atoms with Gasteiger partial charge in [0, 0.05) is 21.5 Å².